The van der Waals surface area contributed by atoms with Gasteiger partial charge in [-0.1, -0.05) is 12.1 Å². The normalized spacial score (nSPS) is 10.3. The molecule has 3 amide bonds. The summed E-state index contributed by atoms with van der Waals surface area (Å²) < 4.78 is 0. The van der Waals surface area contributed by atoms with Crippen LogP contribution in [0.1, 0.15) is 34.6 Å². The number of carbonyl (C=O) groups is 3. The number of hydrogen-bond acceptors (Lipinski definition) is 4. The zero-order valence-electron chi connectivity index (χ0n) is 14.7. The Morgan fingerprint density at radius 1 is 1.00 bits per heavy atom. The van der Waals surface area contributed by atoms with Crippen LogP contribution in [0.25, 0.3) is 0 Å². The lowest BCUT2D eigenvalue weighted by Crippen LogP contribution is -2.30. The van der Waals surface area contributed by atoms with Crippen LogP contribution in [0.3, 0.4) is 0 Å². The molecule has 0 aromatic heterocycles. The van der Waals surface area contributed by atoms with Crippen molar-refractivity contribution in [3.63, 3.8) is 0 Å². The number of nitrogens with one attached hydrogen (secondary N) is 3. The van der Waals surface area contributed by atoms with Gasteiger partial charge in [-0.25, -0.2) is 0 Å². The van der Waals surface area contributed by atoms with Crippen LogP contribution in [0.5, 0.6) is 0 Å². The molecule has 7 nitrogen and oxygen atoms in total. The fourth-order valence-electron chi connectivity index (χ4n) is 2.28. The molecule has 0 heterocycles. The summed E-state index contributed by atoms with van der Waals surface area (Å²) in [5.74, 6) is -1.02. The van der Waals surface area contributed by atoms with Crippen molar-refractivity contribution in [3.8, 4) is 0 Å². The monoisotopic (exact) mass is 354 g/mol. The van der Waals surface area contributed by atoms with Crippen LogP contribution in [-0.2, 0) is 4.79 Å². The van der Waals surface area contributed by atoms with E-state index in [0.717, 1.165) is 0 Å². The second-order valence-corrected chi connectivity index (χ2v) is 6.02. The highest BCUT2D eigenvalue weighted by atomic mass is 16.2. The third kappa shape index (κ3) is 5.34. The second-order valence-electron chi connectivity index (χ2n) is 6.02. The first-order chi connectivity index (χ1) is 12.4. The van der Waals surface area contributed by atoms with Crippen molar-refractivity contribution in [3.05, 3.63) is 59.7 Å². The van der Waals surface area contributed by atoms with Crippen molar-refractivity contribution in [1.29, 1.82) is 0 Å². The summed E-state index contributed by atoms with van der Waals surface area (Å²) in [6.45, 7) is 3.74. The number of carbonyl (C=O) groups excluding carboxylic acids is 3. The van der Waals surface area contributed by atoms with Gasteiger partial charge in [0.1, 0.15) is 0 Å². The van der Waals surface area contributed by atoms with E-state index in [1.807, 2.05) is 13.8 Å². The number of amides is 3. The molecule has 0 atom stereocenters. The van der Waals surface area contributed by atoms with Gasteiger partial charge in [-0.15, -0.1) is 0 Å². The first kappa shape index (κ1) is 19.0. The van der Waals surface area contributed by atoms with Crippen molar-refractivity contribution in [1.82, 2.24) is 5.32 Å². The van der Waals surface area contributed by atoms with E-state index in [9.17, 15) is 14.4 Å². The number of primary amides is 1. The molecule has 136 valence electrons. The zero-order chi connectivity index (χ0) is 19.1. The van der Waals surface area contributed by atoms with E-state index in [0.29, 0.717) is 22.5 Å². The van der Waals surface area contributed by atoms with Crippen LogP contribution in [0.15, 0.2) is 48.5 Å². The Hall–Kier alpha value is -3.35. The summed E-state index contributed by atoms with van der Waals surface area (Å²) >= 11 is 0. The molecule has 5 N–H and O–H groups in total. The van der Waals surface area contributed by atoms with E-state index in [1.54, 1.807) is 48.5 Å². The van der Waals surface area contributed by atoms with Crippen LogP contribution in [0, 0.1) is 0 Å². The summed E-state index contributed by atoms with van der Waals surface area (Å²) in [6.07, 6.45) is 0. The lowest BCUT2D eigenvalue weighted by Gasteiger charge is -2.11. The van der Waals surface area contributed by atoms with Crippen LogP contribution < -0.4 is 21.7 Å². The van der Waals surface area contributed by atoms with Gasteiger partial charge in [0.2, 0.25) is 5.91 Å². The molecule has 2 aromatic rings. The molecule has 0 aliphatic carbocycles. The molecule has 0 unspecified atom stereocenters. The highest BCUT2D eigenvalue weighted by Crippen LogP contribution is 2.14. The maximum absolute atomic E-state index is 12.1. The van der Waals surface area contributed by atoms with Crippen LogP contribution in [0.2, 0.25) is 0 Å². The average molecular weight is 354 g/mol. The van der Waals surface area contributed by atoms with Crippen molar-refractivity contribution in [2.75, 3.05) is 17.2 Å². The minimum atomic E-state index is -0.566. The number of para-hydroxylation sites is 1. The summed E-state index contributed by atoms with van der Waals surface area (Å²) in [5.41, 5.74) is 7.21. The third-order valence-corrected chi connectivity index (χ3v) is 3.48. The highest BCUT2D eigenvalue weighted by Gasteiger charge is 2.10. The molecule has 0 spiro atoms. The first-order valence-electron chi connectivity index (χ1n) is 8.20. The Morgan fingerprint density at radius 3 is 2.27 bits per heavy atom. The minimum Gasteiger partial charge on any atom is -0.376 e. The Kier molecular flexibility index (Phi) is 6.32. The van der Waals surface area contributed by atoms with Crippen LogP contribution in [-0.4, -0.2) is 30.3 Å². The molecule has 0 aliphatic heterocycles. The summed E-state index contributed by atoms with van der Waals surface area (Å²) in [4.78, 5) is 35.3. The fraction of sp³-hybridized carbons (Fsp3) is 0.211. The van der Waals surface area contributed by atoms with Crippen LogP contribution >= 0.6 is 0 Å². The van der Waals surface area contributed by atoms with Gasteiger partial charge in [0, 0.05) is 23.0 Å². The molecular weight excluding hydrogens is 332 g/mol. The Morgan fingerprint density at radius 2 is 1.65 bits per heavy atom. The summed E-state index contributed by atoms with van der Waals surface area (Å²) in [5, 5.41) is 8.41. The molecule has 26 heavy (non-hydrogen) atoms. The molecule has 0 radical (unpaired) electrons. The highest BCUT2D eigenvalue weighted by molar-refractivity contribution is 6.00. The molecule has 0 aliphatic rings. The predicted molar refractivity (Wildman–Crippen MR) is 101 cm³/mol. The van der Waals surface area contributed by atoms with Gasteiger partial charge in [-0.05, 0) is 50.2 Å². The predicted octanol–water partition coefficient (Wildman–Crippen LogP) is 1.97. The molecule has 7 heteroatoms. The SMILES string of the molecule is CC(C)NC(=O)c1ccc(NC(=O)CNc2ccccc2C(N)=O)cc1. The second kappa shape index (κ2) is 8.66. The van der Waals surface area contributed by atoms with E-state index >= 15 is 0 Å². The van der Waals surface area contributed by atoms with Gasteiger partial charge in [0.25, 0.3) is 11.8 Å². The topological polar surface area (TPSA) is 113 Å². The minimum absolute atomic E-state index is 0.0279. The first-order valence-corrected chi connectivity index (χ1v) is 8.20. The van der Waals surface area contributed by atoms with Gasteiger partial charge in [-0.2, -0.15) is 0 Å². The van der Waals surface area contributed by atoms with E-state index < -0.39 is 5.91 Å². The van der Waals surface area contributed by atoms with Crippen molar-refractivity contribution in [2.24, 2.45) is 5.73 Å². The van der Waals surface area contributed by atoms with E-state index in [1.165, 1.54) is 0 Å². The maximum atomic E-state index is 12.1. The number of nitrogens with two attached hydrogens (primary N) is 1. The molecule has 2 aromatic carbocycles. The standard InChI is InChI=1S/C19H22N4O3/c1-12(2)22-19(26)13-7-9-14(10-8-13)23-17(24)11-21-16-6-4-3-5-15(16)18(20)25/h3-10,12,21H,11H2,1-2H3,(H2,20,25)(H,22,26)(H,23,24). The van der Waals surface area contributed by atoms with E-state index in [-0.39, 0.29) is 24.4 Å². The molecular formula is C19H22N4O3. The van der Waals surface area contributed by atoms with Gasteiger partial charge >= 0.3 is 0 Å². The van der Waals surface area contributed by atoms with Crippen molar-refractivity contribution in [2.45, 2.75) is 19.9 Å². The number of benzene rings is 2. The largest absolute Gasteiger partial charge is 0.376 e. The molecule has 2 rings (SSSR count). The Bertz CT molecular complexity index is 801. The molecule has 0 saturated heterocycles. The maximum Gasteiger partial charge on any atom is 0.251 e. The quantitative estimate of drug-likeness (QED) is 0.609. The van der Waals surface area contributed by atoms with Gasteiger partial charge in [0.05, 0.1) is 12.1 Å². The van der Waals surface area contributed by atoms with Gasteiger partial charge in [0.15, 0.2) is 0 Å². The summed E-state index contributed by atoms with van der Waals surface area (Å²) in [6, 6.07) is 13.4. The van der Waals surface area contributed by atoms with Crippen LogP contribution in [0.4, 0.5) is 11.4 Å². The summed E-state index contributed by atoms with van der Waals surface area (Å²) in [7, 11) is 0. The lowest BCUT2D eigenvalue weighted by molar-refractivity contribution is -0.114. The Labute approximate surface area is 152 Å². The van der Waals surface area contributed by atoms with E-state index in [4.69, 9.17) is 5.73 Å². The molecule has 0 fully saturated rings. The van der Waals surface area contributed by atoms with Gasteiger partial charge in [-0.3, -0.25) is 14.4 Å². The number of hydrogen-bond donors (Lipinski definition) is 4. The van der Waals surface area contributed by atoms with Crippen molar-refractivity contribution >= 4 is 29.1 Å². The van der Waals surface area contributed by atoms with Crippen molar-refractivity contribution < 1.29 is 14.4 Å². The number of anilines is 2. The Balaban J connectivity index is 1.92. The lowest BCUT2D eigenvalue weighted by atomic mass is 10.1. The smallest absolute Gasteiger partial charge is 0.251 e. The van der Waals surface area contributed by atoms with E-state index in [2.05, 4.69) is 16.0 Å². The molecule has 0 bridgehead atoms. The number of rotatable bonds is 7. The van der Waals surface area contributed by atoms with Gasteiger partial charge < -0.3 is 21.7 Å². The third-order valence-electron chi connectivity index (χ3n) is 3.48. The zero-order valence-corrected chi connectivity index (χ0v) is 14.7. The molecule has 0 saturated carbocycles. The fourth-order valence-corrected chi connectivity index (χ4v) is 2.28. The average Bonchev–Trinajstić information content (AvgIpc) is 2.60.